The van der Waals surface area contributed by atoms with Crippen molar-refractivity contribution in [1.82, 2.24) is 0 Å². The molecule has 1 unspecified atom stereocenters. The van der Waals surface area contributed by atoms with Crippen molar-refractivity contribution in [2.24, 2.45) is 0 Å². The molecular formula is C20H22O3S. The molecule has 0 aliphatic heterocycles. The minimum absolute atomic E-state index is 0.0835. The van der Waals surface area contributed by atoms with Gasteiger partial charge in [-0.2, -0.15) is 0 Å². The Kier molecular flexibility index (Phi) is 5.81. The van der Waals surface area contributed by atoms with Crippen LogP contribution in [0.3, 0.4) is 0 Å². The first-order valence-corrected chi connectivity index (χ1v) is 9.20. The minimum atomic E-state index is -0.347. The number of esters is 1. The van der Waals surface area contributed by atoms with Gasteiger partial charge in [0.25, 0.3) is 0 Å². The van der Waals surface area contributed by atoms with Gasteiger partial charge in [-0.3, -0.25) is 4.79 Å². The number of hydrogen-bond acceptors (Lipinski definition) is 4. The van der Waals surface area contributed by atoms with Crippen molar-refractivity contribution < 1.29 is 14.3 Å². The predicted molar refractivity (Wildman–Crippen MR) is 96.4 cm³/mol. The van der Waals surface area contributed by atoms with Gasteiger partial charge in [0.1, 0.15) is 17.1 Å². The van der Waals surface area contributed by atoms with E-state index in [1.54, 1.807) is 7.11 Å². The molecule has 0 heterocycles. The van der Waals surface area contributed by atoms with Crippen LogP contribution in [-0.2, 0) is 9.53 Å². The van der Waals surface area contributed by atoms with Gasteiger partial charge in [-0.15, -0.1) is 11.8 Å². The Morgan fingerprint density at radius 1 is 1.04 bits per heavy atom. The monoisotopic (exact) mass is 342 g/mol. The van der Waals surface area contributed by atoms with Crippen LogP contribution < -0.4 is 4.74 Å². The van der Waals surface area contributed by atoms with E-state index >= 15 is 0 Å². The second kappa shape index (κ2) is 8.25. The lowest BCUT2D eigenvalue weighted by atomic mass is 10.1. The fraction of sp³-hybridized carbons (Fsp3) is 0.350. The van der Waals surface area contributed by atoms with Crippen LogP contribution >= 0.6 is 11.8 Å². The van der Waals surface area contributed by atoms with E-state index in [1.807, 2.05) is 54.6 Å². The summed E-state index contributed by atoms with van der Waals surface area (Å²) in [5.74, 6) is 0.665. The second-order valence-corrected chi connectivity index (χ2v) is 7.11. The topological polar surface area (TPSA) is 35.5 Å². The zero-order valence-corrected chi connectivity index (χ0v) is 14.6. The summed E-state index contributed by atoms with van der Waals surface area (Å²) in [4.78, 5) is 13.8. The molecule has 1 aliphatic carbocycles. The summed E-state index contributed by atoms with van der Waals surface area (Å²) in [6, 6.07) is 17.6. The zero-order chi connectivity index (χ0) is 16.8. The Balaban J connectivity index is 1.77. The molecule has 0 radical (unpaired) electrons. The van der Waals surface area contributed by atoms with Crippen molar-refractivity contribution in [2.45, 2.75) is 41.9 Å². The van der Waals surface area contributed by atoms with Crippen molar-refractivity contribution in [2.75, 3.05) is 7.11 Å². The molecule has 0 N–H and O–H groups in total. The van der Waals surface area contributed by atoms with Gasteiger partial charge in [0, 0.05) is 4.90 Å². The van der Waals surface area contributed by atoms with Crippen LogP contribution in [0.1, 0.15) is 36.5 Å². The van der Waals surface area contributed by atoms with E-state index in [0.717, 1.165) is 41.9 Å². The van der Waals surface area contributed by atoms with Crippen molar-refractivity contribution in [3.63, 3.8) is 0 Å². The van der Waals surface area contributed by atoms with E-state index in [-0.39, 0.29) is 17.3 Å². The number of benzene rings is 2. The second-order valence-electron chi connectivity index (χ2n) is 5.93. The molecule has 0 amide bonds. The molecule has 0 aromatic heterocycles. The molecule has 3 nitrogen and oxygen atoms in total. The van der Waals surface area contributed by atoms with E-state index in [0.29, 0.717) is 0 Å². The van der Waals surface area contributed by atoms with E-state index in [1.165, 1.54) is 11.8 Å². The lowest BCUT2D eigenvalue weighted by Gasteiger charge is -2.19. The van der Waals surface area contributed by atoms with Gasteiger partial charge < -0.3 is 9.47 Å². The zero-order valence-electron chi connectivity index (χ0n) is 13.8. The van der Waals surface area contributed by atoms with Crippen LogP contribution in [0.2, 0.25) is 0 Å². The number of hydrogen-bond donors (Lipinski definition) is 0. The number of methoxy groups -OCH3 is 1. The van der Waals surface area contributed by atoms with Gasteiger partial charge in [0.15, 0.2) is 0 Å². The molecule has 4 heteroatoms. The van der Waals surface area contributed by atoms with Gasteiger partial charge in [-0.1, -0.05) is 30.3 Å². The molecule has 126 valence electrons. The molecule has 1 aliphatic rings. The van der Waals surface area contributed by atoms with Crippen molar-refractivity contribution in [3.8, 4) is 5.75 Å². The van der Waals surface area contributed by atoms with Crippen LogP contribution in [0.15, 0.2) is 59.5 Å². The molecule has 2 aromatic carbocycles. The molecule has 2 aromatic rings. The Hall–Kier alpha value is -1.94. The standard InChI is InChI=1S/C20H22O3S/c1-22-16-11-13-18(14-12-16)24-19(15-7-3-2-4-8-15)20(21)23-17-9-5-6-10-17/h2-4,7-8,11-14,17,19H,5-6,9-10H2,1H3. The highest BCUT2D eigenvalue weighted by atomic mass is 32.2. The summed E-state index contributed by atoms with van der Waals surface area (Å²) in [5.41, 5.74) is 0.973. The summed E-state index contributed by atoms with van der Waals surface area (Å²) >= 11 is 1.52. The van der Waals surface area contributed by atoms with Crippen molar-refractivity contribution >= 4 is 17.7 Å². The van der Waals surface area contributed by atoms with Gasteiger partial charge in [-0.05, 0) is 55.5 Å². The molecular weight excluding hydrogens is 320 g/mol. The van der Waals surface area contributed by atoms with Crippen LogP contribution in [0.4, 0.5) is 0 Å². The number of carbonyl (C=O) groups is 1. The molecule has 0 saturated heterocycles. The Labute approximate surface area is 147 Å². The third-order valence-electron chi connectivity index (χ3n) is 4.21. The molecule has 1 atom stereocenters. The normalized spacial score (nSPS) is 15.9. The van der Waals surface area contributed by atoms with Crippen LogP contribution in [-0.4, -0.2) is 19.2 Å². The van der Waals surface area contributed by atoms with Gasteiger partial charge in [-0.25, -0.2) is 0 Å². The first kappa shape index (κ1) is 16.9. The summed E-state index contributed by atoms with van der Waals surface area (Å²) in [6.45, 7) is 0. The highest BCUT2D eigenvalue weighted by Crippen LogP contribution is 2.38. The average Bonchev–Trinajstić information content (AvgIpc) is 3.14. The smallest absolute Gasteiger partial charge is 0.324 e. The summed E-state index contributed by atoms with van der Waals surface area (Å²) in [7, 11) is 1.65. The summed E-state index contributed by atoms with van der Waals surface area (Å²) in [6.07, 6.45) is 4.36. The lowest BCUT2D eigenvalue weighted by molar-refractivity contribution is -0.148. The van der Waals surface area contributed by atoms with Crippen molar-refractivity contribution in [1.29, 1.82) is 0 Å². The van der Waals surface area contributed by atoms with Gasteiger partial charge in [0.2, 0.25) is 0 Å². The highest BCUT2D eigenvalue weighted by Gasteiger charge is 2.27. The maximum atomic E-state index is 12.8. The largest absolute Gasteiger partial charge is 0.497 e. The third-order valence-corrected chi connectivity index (χ3v) is 5.46. The maximum absolute atomic E-state index is 12.8. The summed E-state index contributed by atoms with van der Waals surface area (Å²) < 4.78 is 11.0. The van der Waals surface area contributed by atoms with Gasteiger partial charge >= 0.3 is 5.97 Å². The van der Waals surface area contributed by atoms with Gasteiger partial charge in [0.05, 0.1) is 7.11 Å². The average molecular weight is 342 g/mol. The molecule has 24 heavy (non-hydrogen) atoms. The molecule has 1 fully saturated rings. The highest BCUT2D eigenvalue weighted by molar-refractivity contribution is 8.00. The number of thioether (sulfide) groups is 1. The van der Waals surface area contributed by atoms with E-state index < -0.39 is 0 Å². The van der Waals surface area contributed by atoms with E-state index in [2.05, 4.69) is 0 Å². The first-order valence-electron chi connectivity index (χ1n) is 8.32. The Morgan fingerprint density at radius 3 is 2.33 bits per heavy atom. The first-order chi connectivity index (χ1) is 11.8. The van der Waals surface area contributed by atoms with Crippen molar-refractivity contribution in [3.05, 3.63) is 60.2 Å². The fourth-order valence-corrected chi connectivity index (χ4v) is 3.91. The predicted octanol–water partition coefficient (Wildman–Crippen LogP) is 5.01. The number of carbonyl (C=O) groups excluding carboxylic acids is 1. The van der Waals surface area contributed by atoms with E-state index in [9.17, 15) is 4.79 Å². The Morgan fingerprint density at radius 2 is 1.71 bits per heavy atom. The quantitative estimate of drug-likeness (QED) is 0.546. The van der Waals surface area contributed by atoms with Crippen LogP contribution in [0.5, 0.6) is 5.75 Å². The lowest BCUT2D eigenvalue weighted by Crippen LogP contribution is -2.19. The Bertz CT molecular complexity index is 648. The minimum Gasteiger partial charge on any atom is -0.497 e. The third kappa shape index (κ3) is 4.32. The molecule has 0 bridgehead atoms. The number of ether oxygens (including phenoxy) is 2. The maximum Gasteiger partial charge on any atom is 0.324 e. The SMILES string of the molecule is COc1ccc(SC(C(=O)OC2CCCC2)c2ccccc2)cc1. The summed E-state index contributed by atoms with van der Waals surface area (Å²) in [5, 5.41) is -0.347. The molecule has 1 saturated carbocycles. The van der Waals surface area contributed by atoms with Crippen LogP contribution in [0, 0.1) is 0 Å². The van der Waals surface area contributed by atoms with Crippen LogP contribution in [0.25, 0.3) is 0 Å². The molecule has 3 rings (SSSR count). The van der Waals surface area contributed by atoms with E-state index in [4.69, 9.17) is 9.47 Å². The molecule has 0 spiro atoms. The fourth-order valence-electron chi connectivity index (χ4n) is 2.90. The number of rotatable bonds is 6.